The number of rotatable bonds is 3. The Kier molecular flexibility index (Phi) is 3.14. The highest BCUT2D eigenvalue weighted by Crippen LogP contribution is 2.24. The molecule has 2 heterocycles. The molecule has 0 bridgehead atoms. The van der Waals surface area contributed by atoms with Crippen LogP contribution < -0.4 is 4.74 Å². The van der Waals surface area contributed by atoms with Crippen molar-refractivity contribution in [2.45, 2.75) is 13.5 Å². The summed E-state index contributed by atoms with van der Waals surface area (Å²) in [6.45, 7) is 4.07. The van der Waals surface area contributed by atoms with Crippen LogP contribution in [0.2, 0.25) is 0 Å². The highest BCUT2D eigenvalue weighted by Gasteiger charge is 2.28. The summed E-state index contributed by atoms with van der Waals surface area (Å²) in [6, 6.07) is 7.62. The van der Waals surface area contributed by atoms with E-state index in [-0.39, 0.29) is 5.91 Å². The summed E-state index contributed by atoms with van der Waals surface area (Å²) in [5.74, 6) is 1.83. The van der Waals surface area contributed by atoms with E-state index in [1.165, 1.54) is 0 Å². The summed E-state index contributed by atoms with van der Waals surface area (Å²) in [5, 5.41) is 8.22. The molecule has 0 spiro atoms. The van der Waals surface area contributed by atoms with Gasteiger partial charge in [-0.25, -0.2) is 0 Å². The number of amides is 1. The maximum atomic E-state index is 12.2. The van der Waals surface area contributed by atoms with Crippen molar-refractivity contribution in [1.82, 2.24) is 19.7 Å². The Labute approximate surface area is 117 Å². The molecule has 1 aromatic carbocycles. The van der Waals surface area contributed by atoms with Gasteiger partial charge in [0.25, 0.3) is 5.91 Å². The quantitative estimate of drug-likeness (QED) is 0.848. The van der Waals surface area contributed by atoms with E-state index in [4.69, 9.17) is 4.74 Å². The maximum Gasteiger partial charge on any atom is 0.291 e. The van der Waals surface area contributed by atoms with Crippen molar-refractivity contribution >= 4 is 5.91 Å². The molecule has 6 heteroatoms. The predicted octanol–water partition coefficient (Wildman–Crippen LogP) is 1.43. The zero-order valence-corrected chi connectivity index (χ0v) is 11.5. The van der Waals surface area contributed by atoms with Crippen LogP contribution in [0.1, 0.15) is 17.5 Å². The first-order valence-electron chi connectivity index (χ1n) is 6.61. The van der Waals surface area contributed by atoms with Gasteiger partial charge in [0.05, 0.1) is 7.11 Å². The van der Waals surface area contributed by atoms with Crippen molar-refractivity contribution in [3.63, 3.8) is 0 Å². The number of carbonyl (C=O) groups is 1. The zero-order chi connectivity index (χ0) is 14.1. The van der Waals surface area contributed by atoms with E-state index in [1.54, 1.807) is 12.0 Å². The summed E-state index contributed by atoms with van der Waals surface area (Å²) in [5.41, 5.74) is 0.904. The molecule has 2 aromatic rings. The summed E-state index contributed by atoms with van der Waals surface area (Å²) in [4.78, 5) is 14.0. The molecule has 1 amide bonds. The van der Waals surface area contributed by atoms with Gasteiger partial charge < -0.3 is 14.2 Å². The molecule has 0 atom stereocenters. The van der Waals surface area contributed by atoms with Crippen LogP contribution in [0.5, 0.6) is 5.75 Å². The number of ether oxygens (including phenoxy) is 1. The van der Waals surface area contributed by atoms with Crippen LogP contribution in [0.15, 0.2) is 24.3 Å². The van der Waals surface area contributed by atoms with E-state index in [1.807, 2.05) is 35.8 Å². The largest absolute Gasteiger partial charge is 0.497 e. The fourth-order valence-electron chi connectivity index (χ4n) is 2.41. The fourth-order valence-corrected chi connectivity index (χ4v) is 2.41. The molecule has 0 fully saturated rings. The summed E-state index contributed by atoms with van der Waals surface area (Å²) < 4.78 is 7.10. The van der Waals surface area contributed by atoms with Crippen molar-refractivity contribution in [1.29, 1.82) is 0 Å². The molecular formula is C14H16N4O2. The first kappa shape index (κ1) is 12.7. The number of carbonyl (C=O) groups excluding carboxylic acids is 1. The summed E-state index contributed by atoms with van der Waals surface area (Å²) in [7, 11) is 1.63. The normalized spacial score (nSPS) is 14.3. The Morgan fingerprint density at radius 2 is 2.05 bits per heavy atom. The van der Waals surface area contributed by atoms with Gasteiger partial charge in [0, 0.05) is 25.2 Å². The number of benzene rings is 1. The smallest absolute Gasteiger partial charge is 0.291 e. The highest BCUT2D eigenvalue weighted by molar-refractivity contribution is 5.92. The summed E-state index contributed by atoms with van der Waals surface area (Å²) >= 11 is 0. The minimum absolute atomic E-state index is 0.0552. The molecule has 6 nitrogen and oxygen atoms in total. The number of hydrogen-bond acceptors (Lipinski definition) is 4. The first-order valence-corrected chi connectivity index (χ1v) is 6.61. The van der Waals surface area contributed by atoms with E-state index < -0.39 is 0 Å². The van der Waals surface area contributed by atoms with Crippen molar-refractivity contribution in [3.8, 4) is 17.1 Å². The van der Waals surface area contributed by atoms with E-state index in [9.17, 15) is 4.79 Å². The van der Waals surface area contributed by atoms with Gasteiger partial charge in [-0.2, -0.15) is 0 Å². The Morgan fingerprint density at radius 3 is 2.80 bits per heavy atom. The molecular weight excluding hydrogens is 256 g/mol. The second-order valence-electron chi connectivity index (χ2n) is 4.62. The second kappa shape index (κ2) is 4.96. The third-order valence-corrected chi connectivity index (χ3v) is 3.53. The lowest BCUT2D eigenvalue weighted by atomic mass is 10.2. The molecule has 3 rings (SSSR count). The van der Waals surface area contributed by atoms with E-state index in [2.05, 4.69) is 10.2 Å². The monoisotopic (exact) mass is 272 g/mol. The number of fused-ring (bicyclic) bond motifs is 1. The molecule has 0 saturated carbocycles. The fraction of sp³-hybridized carbons (Fsp3) is 0.357. The number of hydrogen-bond donors (Lipinski definition) is 0. The van der Waals surface area contributed by atoms with E-state index in [0.29, 0.717) is 31.3 Å². The second-order valence-corrected chi connectivity index (χ2v) is 4.62. The van der Waals surface area contributed by atoms with Crippen LogP contribution in [0, 0.1) is 0 Å². The van der Waals surface area contributed by atoms with Gasteiger partial charge in [-0.05, 0) is 19.1 Å². The van der Waals surface area contributed by atoms with Gasteiger partial charge in [-0.3, -0.25) is 4.79 Å². The van der Waals surface area contributed by atoms with Gasteiger partial charge >= 0.3 is 0 Å². The van der Waals surface area contributed by atoms with Gasteiger partial charge in [0.1, 0.15) is 5.75 Å². The summed E-state index contributed by atoms with van der Waals surface area (Å²) in [6.07, 6.45) is 0. The maximum absolute atomic E-state index is 12.2. The molecule has 20 heavy (non-hydrogen) atoms. The van der Waals surface area contributed by atoms with Gasteiger partial charge in [0.15, 0.2) is 5.82 Å². The number of nitrogens with zero attached hydrogens (tertiary/aromatic N) is 4. The molecule has 0 aliphatic carbocycles. The minimum atomic E-state index is -0.0552. The lowest BCUT2D eigenvalue weighted by Gasteiger charge is -2.26. The molecule has 104 valence electrons. The van der Waals surface area contributed by atoms with Gasteiger partial charge in [-0.15, -0.1) is 10.2 Å². The average Bonchev–Trinajstić information content (AvgIpc) is 2.92. The van der Waals surface area contributed by atoms with Crippen molar-refractivity contribution in [2.24, 2.45) is 0 Å². The lowest BCUT2D eigenvalue weighted by Crippen LogP contribution is -2.40. The molecule has 1 aliphatic rings. The highest BCUT2D eigenvalue weighted by atomic mass is 16.5. The third kappa shape index (κ3) is 1.93. The Bertz CT molecular complexity index is 650. The average molecular weight is 272 g/mol. The zero-order valence-electron chi connectivity index (χ0n) is 11.5. The number of aromatic nitrogens is 3. The van der Waals surface area contributed by atoms with Crippen LogP contribution in [-0.4, -0.2) is 45.8 Å². The molecule has 1 aromatic heterocycles. The minimum Gasteiger partial charge on any atom is -0.497 e. The topological polar surface area (TPSA) is 60.3 Å². The Balaban J connectivity index is 2.03. The van der Waals surface area contributed by atoms with E-state index >= 15 is 0 Å². The molecule has 0 unspecified atom stereocenters. The van der Waals surface area contributed by atoms with Crippen LogP contribution in [0.4, 0.5) is 0 Å². The SMILES string of the molecule is CCN1CCn2c(nnc2-c2cccc(OC)c2)C1=O. The third-order valence-electron chi connectivity index (χ3n) is 3.53. The van der Waals surface area contributed by atoms with Crippen LogP contribution >= 0.6 is 0 Å². The van der Waals surface area contributed by atoms with Gasteiger partial charge in [-0.1, -0.05) is 12.1 Å². The molecule has 0 saturated heterocycles. The van der Waals surface area contributed by atoms with E-state index in [0.717, 1.165) is 11.3 Å². The standard InChI is InChI=1S/C14H16N4O2/c1-3-17-7-8-18-12(15-16-13(18)14(17)19)10-5-4-6-11(9-10)20-2/h4-6,9H,3,7-8H2,1-2H3. The van der Waals surface area contributed by atoms with Crippen LogP contribution in [-0.2, 0) is 6.54 Å². The van der Waals surface area contributed by atoms with Crippen molar-refractivity contribution in [3.05, 3.63) is 30.1 Å². The Morgan fingerprint density at radius 1 is 1.25 bits per heavy atom. The molecule has 0 N–H and O–H groups in total. The predicted molar refractivity (Wildman–Crippen MR) is 73.6 cm³/mol. The number of likely N-dealkylation sites (N-methyl/N-ethyl adjacent to an activating group) is 1. The lowest BCUT2D eigenvalue weighted by molar-refractivity contribution is 0.0707. The first-order chi connectivity index (χ1) is 9.74. The van der Waals surface area contributed by atoms with Crippen molar-refractivity contribution < 1.29 is 9.53 Å². The molecule has 1 aliphatic heterocycles. The van der Waals surface area contributed by atoms with Gasteiger partial charge in [0.2, 0.25) is 5.82 Å². The van der Waals surface area contributed by atoms with Crippen LogP contribution in [0.25, 0.3) is 11.4 Å². The Hall–Kier alpha value is -2.37. The molecule has 0 radical (unpaired) electrons. The van der Waals surface area contributed by atoms with Crippen LogP contribution in [0.3, 0.4) is 0 Å². The van der Waals surface area contributed by atoms with Crippen molar-refractivity contribution in [2.75, 3.05) is 20.2 Å². The number of methoxy groups -OCH3 is 1.